The number of amides is 3. The summed E-state index contributed by atoms with van der Waals surface area (Å²) in [4.78, 5) is 39.5. The summed E-state index contributed by atoms with van der Waals surface area (Å²) < 4.78 is 5.39. The lowest BCUT2D eigenvalue weighted by atomic mass is 9.83. The van der Waals surface area contributed by atoms with Gasteiger partial charge in [-0.2, -0.15) is 0 Å². The van der Waals surface area contributed by atoms with Crippen molar-refractivity contribution in [3.63, 3.8) is 0 Å². The van der Waals surface area contributed by atoms with Crippen molar-refractivity contribution in [2.45, 2.75) is 63.8 Å². The first-order chi connectivity index (χ1) is 10.5. The molecule has 3 atom stereocenters. The van der Waals surface area contributed by atoms with Crippen molar-refractivity contribution in [3.05, 3.63) is 0 Å². The van der Waals surface area contributed by atoms with Crippen LogP contribution in [0.4, 0.5) is 4.79 Å². The summed E-state index contributed by atoms with van der Waals surface area (Å²) in [6, 6.07) is -1.42. The molecule has 0 aromatic rings. The van der Waals surface area contributed by atoms with Crippen LogP contribution in [0.25, 0.3) is 0 Å². The number of nitrogens with zero attached hydrogens (tertiary/aromatic N) is 2. The topological polar surface area (TPSA) is 119 Å². The average Bonchev–Trinajstić information content (AvgIpc) is 2.81. The van der Waals surface area contributed by atoms with E-state index in [1.165, 1.54) is 9.80 Å². The van der Waals surface area contributed by atoms with E-state index >= 15 is 0 Å². The van der Waals surface area contributed by atoms with Crippen LogP contribution >= 0.6 is 0 Å². The van der Waals surface area contributed by atoms with E-state index < -0.39 is 35.2 Å². The highest BCUT2D eigenvalue weighted by molar-refractivity contribution is 5.99. The predicted octanol–water partition coefficient (Wildman–Crippen LogP) is -0.201. The van der Waals surface area contributed by atoms with Gasteiger partial charge in [-0.1, -0.05) is 0 Å². The van der Waals surface area contributed by atoms with Gasteiger partial charge in [0.15, 0.2) is 0 Å². The molecule has 3 amide bonds. The average molecular weight is 326 g/mol. The van der Waals surface area contributed by atoms with Crippen molar-refractivity contribution in [2.24, 2.45) is 11.5 Å². The van der Waals surface area contributed by atoms with E-state index in [4.69, 9.17) is 16.2 Å². The Labute approximate surface area is 136 Å². The lowest BCUT2D eigenvalue weighted by Gasteiger charge is -2.53. The first-order valence-corrected chi connectivity index (χ1v) is 7.86. The van der Waals surface area contributed by atoms with Gasteiger partial charge in [-0.25, -0.2) is 4.79 Å². The van der Waals surface area contributed by atoms with Gasteiger partial charge in [-0.15, -0.1) is 0 Å². The van der Waals surface area contributed by atoms with E-state index in [1.807, 2.05) is 0 Å². The number of primary amides is 1. The highest BCUT2D eigenvalue weighted by atomic mass is 16.6. The summed E-state index contributed by atoms with van der Waals surface area (Å²) in [5, 5.41) is 0. The number of hydrogen-bond acceptors (Lipinski definition) is 5. The maximum atomic E-state index is 12.7. The summed E-state index contributed by atoms with van der Waals surface area (Å²) in [7, 11) is 0. The molecule has 0 aromatic heterocycles. The minimum absolute atomic E-state index is 0.264. The molecule has 2 aliphatic heterocycles. The second-order valence-electron chi connectivity index (χ2n) is 7.41. The van der Waals surface area contributed by atoms with Crippen LogP contribution in [0, 0.1) is 0 Å². The molecule has 0 bridgehead atoms. The van der Waals surface area contributed by atoms with Gasteiger partial charge < -0.3 is 21.1 Å². The van der Waals surface area contributed by atoms with Crippen LogP contribution in [0.15, 0.2) is 0 Å². The van der Waals surface area contributed by atoms with Crippen molar-refractivity contribution in [1.29, 1.82) is 0 Å². The number of carbonyl (C=O) groups is 3. The van der Waals surface area contributed by atoms with Crippen LogP contribution in [0.1, 0.15) is 40.5 Å². The molecule has 130 valence electrons. The molecule has 0 radical (unpaired) electrons. The van der Waals surface area contributed by atoms with Crippen LogP contribution in [0.3, 0.4) is 0 Å². The third kappa shape index (κ3) is 2.99. The lowest BCUT2D eigenvalue weighted by Crippen LogP contribution is -2.77. The van der Waals surface area contributed by atoms with E-state index in [-0.39, 0.29) is 12.5 Å². The van der Waals surface area contributed by atoms with E-state index in [9.17, 15) is 14.4 Å². The largest absolute Gasteiger partial charge is 0.444 e. The van der Waals surface area contributed by atoms with Gasteiger partial charge in [-0.3, -0.25) is 14.5 Å². The Morgan fingerprint density at radius 2 is 1.96 bits per heavy atom. The smallest absolute Gasteiger partial charge is 0.411 e. The Morgan fingerprint density at radius 3 is 2.39 bits per heavy atom. The van der Waals surface area contributed by atoms with Crippen LogP contribution in [-0.4, -0.2) is 64.0 Å². The summed E-state index contributed by atoms with van der Waals surface area (Å²) in [5.41, 5.74) is 9.59. The Bertz CT molecular complexity index is 528. The van der Waals surface area contributed by atoms with Crippen molar-refractivity contribution in [1.82, 2.24) is 9.80 Å². The number of carbonyl (C=O) groups excluding carboxylic acids is 3. The van der Waals surface area contributed by atoms with Gasteiger partial charge in [0.2, 0.25) is 5.91 Å². The Balaban J connectivity index is 2.16. The van der Waals surface area contributed by atoms with Crippen molar-refractivity contribution < 1.29 is 19.1 Å². The van der Waals surface area contributed by atoms with Gasteiger partial charge in [-0.05, 0) is 40.5 Å². The van der Waals surface area contributed by atoms with Gasteiger partial charge in [0.25, 0.3) is 5.91 Å². The fourth-order valence-corrected chi connectivity index (χ4v) is 3.37. The zero-order chi connectivity index (χ0) is 17.6. The quantitative estimate of drug-likeness (QED) is 0.696. The number of β-lactam (4-membered cyclic amide) rings is 1. The predicted molar refractivity (Wildman–Crippen MR) is 83.2 cm³/mol. The molecule has 2 aliphatic rings. The zero-order valence-corrected chi connectivity index (χ0v) is 14.2. The first kappa shape index (κ1) is 17.5. The number of likely N-dealkylation sites (tertiary alicyclic amines) is 2. The van der Waals surface area contributed by atoms with Crippen LogP contribution < -0.4 is 11.5 Å². The summed E-state index contributed by atoms with van der Waals surface area (Å²) in [6.45, 7) is 7.70. The fraction of sp³-hybridized carbons (Fsp3) is 0.800. The van der Waals surface area contributed by atoms with Gasteiger partial charge in [0.05, 0.1) is 6.54 Å². The molecule has 8 nitrogen and oxygen atoms in total. The molecular weight excluding hydrogens is 300 g/mol. The molecule has 1 spiro atoms. The second-order valence-corrected chi connectivity index (χ2v) is 7.41. The number of rotatable bonds is 3. The van der Waals surface area contributed by atoms with Crippen molar-refractivity contribution in [2.75, 3.05) is 13.1 Å². The molecule has 2 rings (SSSR count). The standard InChI is InChI=1S/C15H26N4O4/c1-9(16)10(11(17)20)18-8-15(12(18)21)6-5-7-19(15)13(22)23-14(2,3)4/h9-10H,5-8,16H2,1-4H3,(H2,17,20). The highest BCUT2D eigenvalue weighted by Crippen LogP contribution is 2.41. The second kappa shape index (κ2) is 5.67. The number of nitrogens with two attached hydrogens (primary N) is 2. The van der Waals surface area contributed by atoms with Crippen LogP contribution in [0.2, 0.25) is 0 Å². The first-order valence-electron chi connectivity index (χ1n) is 7.86. The molecule has 8 heteroatoms. The maximum absolute atomic E-state index is 12.7. The molecule has 2 saturated heterocycles. The normalized spacial score (nSPS) is 26.9. The van der Waals surface area contributed by atoms with E-state index in [2.05, 4.69) is 0 Å². The van der Waals surface area contributed by atoms with E-state index in [0.717, 1.165) is 6.42 Å². The maximum Gasteiger partial charge on any atom is 0.411 e. The van der Waals surface area contributed by atoms with E-state index in [1.54, 1.807) is 27.7 Å². The fourth-order valence-electron chi connectivity index (χ4n) is 3.37. The monoisotopic (exact) mass is 326 g/mol. The molecule has 0 aliphatic carbocycles. The van der Waals surface area contributed by atoms with Gasteiger partial charge in [0, 0.05) is 12.6 Å². The van der Waals surface area contributed by atoms with E-state index in [0.29, 0.717) is 13.0 Å². The molecule has 0 saturated carbocycles. The molecule has 4 N–H and O–H groups in total. The molecule has 0 aromatic carbocycles. The zero-order valence-electron chi connectivity index (χ0n) is 14.2. The number of hydrogen-bond donors (Lipinski definition) is 2. The highest BCUT2D eigenvalue weighted by Gasteiger charge is 2.62. The summed E-state index contributed by atoms with van der Waals surface area (Å²) >= 11 is 0. The van der Waals surface area contributed by atoms with Gasteiger partial charge in [0.1, 0.15) is 17.2 Å². The van der Waals surface area contributed by atoms with Crippen molar-refractivity contribution in [3.8, 4) is 0 Å². The van der Waals surface area contributed by atoms with Crippen LogP contribution in [-0.2, 0) is 14.3 Å². The van der Waals surface area contributed by atoms with Gasteiger partial charge >= 0.3 is 6.09 Å². The molecule has 3 unspecified atom stereocenters. The minimum Gasteiger partial charge on any atom is -0.444 e. The Kier molecular flexibility index (Phi) is 4.32. The summed E-state index contributed by atoms with van der Waals surface area (Å²) in [6.07, 6.45) is 0.781. The Morgan fingerprint density at radius 1 is 1.35 bits per heavy atom. The third-order valence-corrected chi connectivity index (χ3v) is 4.32. The lowest BCUT2D eigenvalue weighted by molar-refractivity contribution is -0.167. The SMILES string of the molecule is CC(N)C(C(N)=O)N1CC2(CCCN2C(=O)OC(C)(C)C)C1=O. The molecule has 2 heterocycles. The van der Waals surface area contributed by atoms with Crippen molar-refractivity contribution >= 4 is 17.9 Å². The summed E-state index contributed by atoms with van der Waals surface area (Å²) in [5.74, 6) is -0.910. The molecule has 2 fully saturated rings. The molecule has 23 heavy (non-hydrogen) atoms. The Hall–Kier alpha value is -1.83. The van der Waals surface area contributed by atoms with Crippen LogP contribution in [0.5, 0.6) is 0 Å². The minimum atomic E-state index is -0.912. The third-order valence-electron chi connectivity index (χ3n) is 4.32. The molecular formula is C15H26N4O4. The number of ether oxygens (including phenoxy) is 1.